The third-order valence-corrected chi connectivity index (χ3v) is 5.18. The van der Waals surface area contributed by atoms with Crippen molar-refractivity contribution in [2.45, 2.75) is 77.4 Å². The van der Waals surface area contributed by atoms with Crippen LogP contribution in [-0.4, -0.2) is 48.6 Å². The van der Waals surface area contributed by atoms with Crippen LogP contribution in [-0.2, 0) is 4.79 Å². The lowest BCUT2D eigenvalue weighted by Gasteiger charge is -2.36. The summed E-state index contributed by atoms with van der Waals surface area (Å²) in [7, 11) is 0. The van der Waals surface area contributed by atoms with Crippen molar-refractivity contribution < 1.29 is 4.79 Å². The third kappa shape index (κ3) is 5.26. The molecule has 0 radical (unpaired) electrons. The highest BCUT2D eigenvalue weighted by molar-refractivity contribution is 5.81. The second-order valence-electron chi connectivity index (χ2n) is 6.86. The van der Waals surface area contributed by atoms with Gasteiger partial charge in [-0.2, -0.15) is 0 Å². The Kier molecular flexibility index (Phi) is 6.49. The van der Waals surface area contributed by atoms with Crippen LogP contribution in [0.5, 0.6) is 0 Å². The normalized spacial score (nSPS) is 22.5. The highest BCUT2D eigenvalue weighted by Crippen LogP contribution is 2.28. The van der Waals surface area contributed by atoms with Crippen LogP contribution in [0.3, 0.4) is 0 Å². The van der Waals surface area contributed by atoms with Gasteiger partial charge >= 0.3 is 0 Å². The Hall–Kier alpha value is -0.610. The molecule has 1 aliphatic carbocycles. The molecule has 1 saturated heterocycles. The van der Waals surface area contributed by atoms with E-state index in [9.17, 15) is 4.79 Å². The Morgan fingerprint density at radius 3 is 2.29 bits per heavy atom. The summed E-state index contributed by atoms with van der Waals surface area (Å²) in [5, 5.41) is 6.87. The molecule has 1 aliphatic heterocycles. The number of carbonyl (C=O) groups is 1. The fourth-order valence-electron chi connectivity index (χ4n) is 3.13. The number of nitrogens with one attached hydrogen (secondary N) is 2. The summed E-state index contributed by atoms with van der Waals surface area (Å²) in [5.74, 6) is 1.15. The van der Waals surface area contributed by atoms with Crippen molar-refractivity contribution in [1.29, 1.82) is 0 Å². The second kappa shape index (κ2) is 8.14. The number of likely N-dealkylation sites (tertiary alicyclic amines) is 1. The molecule has 0 bridgehead atoms. The number of nitrogens with zero attached hydrogens (tertiary/aromatic N) is 1. The first-order valence-corrected chi connectivity index (χ1v) is 8.91. The van der Waals surface area contributed by atoms with E-state index in [1.807, 2.05) is 0 Å². The third-order valence-electron chi connectivity index (χ3n) is 5.18. The molecule has 2 N–H and O–H groups in total. The molecule has 1 saturated carbocycles. The largest absolute Gasteiger partial charge is 0.352 e. The molecule has 1 heterocycles. The molecule has 0 aromatic carbocycles. The first-order valence-electron chi connectivity index (χ1n) is 8.91. The molecule has 1 unspecified atom stereocenters. The predicted molar refractivity (Wildman–Crippen MR) is 87.3 cm³/mol. The van der Waals surface area contributed by atoms with Gasteiger partial charge in [0.05, 0.1) is 6.04 Å². The van der Waals surface area contributed by atoms with Crippen molar-refractivity contribution >= 4 is 5.91 Å². The molecule has 2 aliphatic rings. The van der Waals surface area contributed by atoms with Crippen LogP contribution >= 0.6 is 0 Å². The predicted octanol–water partition coefficient (Wildman–Crippen LogP) is 2.14. The Morgan fingerprint density at radius 1 is 1.14 bits per heavy atom. The fourth-order valence-corrected chi connectivity index (χ4v) is 3.13. The quantitative estimate of drug-likeness (QED) is 0.721. The molecular weight excluding hydrogens is 262 g/mol. The number of hydrogen-bond acceptors (Lipinski definition) is 3. The van der Waals surface area contributed by atoms with E-state index in [1.54, 1.807) is 0 Å². The first-order chi connectivity index (χ1) is 10.1. The standard InChI is InChI=1S/C17H33N3O/c1-4-15(5-2)19-17(21)13(3)20-10-8-16(9-11-20)18-12-14-6-7-14/h13-16,18H,4-12H2,1-3H3,(H,19,21). The van der Waals surface area contributed by atoms with Gasteiger partial charge in [0, 0.05) is 25.2 Å². The summed E-state index contributed by atoms with van der Waals surface area (Å²) in [6, 6.07) is 1.00. The van der Waals surface area contributed by atoms with Crippen LogP contribution in [0.4, 0.5) is 0 Å². The minimum absolute atomic E-state index is 0.00924. The van der Waals surface area contributed by atoms with Crippen LogP contribution in [0, 0.1) is 5.92 Å². The maximum atomic E-state index is 12.3. The fraction of sp³-hybridized carbons (Fsp3) is 0.941. The molecule has 2 rings (SSSR count). The van der Waals surface area contributed by atoms with Gasteiger partial charge in [0.15, 0.2) is 0 Å². The van der Waals surface area contributed by atoms with Gasteiger partial charge in [0.1, 0.15) is 0 Å². The SMILES string of the molecule is CCC(CC)NC(=O)C(C)N1CCC(NCC2CC2)CC1. The smallest absolute Gasteiger partial charge is 0.237 e. The van der Waals surface area contributed by atoms with Gasteiger partial charge in [0.25, 0.3) is 0 Å². The van der Waals surface area contributed by atoms with E-state index >= 15 is 0 Å². The van der Waals surface area contributed by atoms with E-state index in [4.69, 9.17) is 0 Å². The molecule has 4 heteroatoms. The maximum Gasteiger partial charge on any atom is 0.237 e. The molecular formula is C17H33N3O. The number of rotatable bonds is 8. The van der Waals surface area contributed by atoms with Crippen molar-refractivity contribution in [3.63, 3.8) is 0 Å². The molecule has 0 spiro atoms. The second-order valence-corrected chi connectivity index (χ2v) is 6.86. The highest BCUT2D eigenvalue weighted by atomic mass is 16.2. The number of hydrogen-bond donors (Lipinski definition) is 2. The summed E-state index contributed by atoms with van der Waals surface area (Å²) in [6.45, 7) is 9.61. The van der Waals surface area contributed by atoms with Crippen LogP contribution in [0.25, 0.3) is 0 Å². The van der Waals surface area contributed by atoms with Gasteiger partial charge in [0.2, 0.25) is 5.91 Å². The Labute approximate surface area is 130 Å². The zero-order chi connectivity index (χ0) is 15.2. The van der Waals surface area contributed by atoms with Gasteiger partial charge in [-0.1, -0.05) is 13.8 Å². The molecule has 4 nitrogen and oxygen atoms in total. The van der Waals surface area contributed by atoms with Crippen molar-refractivity contribution in [2.24, 2.45) is 5.92 Å². The molecule has 1 atom stereocenters. The average molecular weight is 295 g/mol. The van der Waals surface area contributed by atoms with Crippen molar-refractivity contribution in [2.75, 3.05) is 19.6 Å². The summed E-state index contributed by atoms with van der Waals surface area (Å²) < 4.78 is 0. The number of amides is 1. The minimum Gasteiger partial charge on any atom is -0.352 e. The zero-order valence-electron chi connectivity index (χ0n) is 14.0. The van der Waals surface area contributed by atoms with Crippen molar-refractivity contribution in [3.8, 4) is 0 Å². The highest BCUT2D eigenvalue weighted by Gasteiger charge is 2.28. The lowest BCUT2D eigenvalue weighted by molar-refractivity contribution is -0.127. The van der Waals surface area contributed by atoms with Gasteiger partial charge < -0.3 is 10.6 Å². The van der Waals surface area contributed by atoms with E-state index in [0.29, 0.717) is 12.1 Å². The van der Waals surface area contributed by atoms with E-state index in [2.05, 4.69) is 36.3 Å². The molecule has 0 aromatic rings. The molecule has 122 valence electrons. The van der Waals surface area contributed by atoms with E-state index in [-0.39, 0.29) is 11.9 Å². The summed E-state index contributed by atoms with van der Waals surface area (Å²) in [6.07, 6.45) is 7.22. The van der Waals surface area contributed by atoms with Crippen LogP contribution in [0.15, 0.2) is 0 Å². The van der Waals surface area contributed by atoms with E-state index < -0.39 is 0 Å². The number of carbonyl (C=O) groups excluding carboxylic acids is 1. The van der Waals surface area contributed by atoms with E-state index in [1.165, 1.54) is 32.2 Å². The van der Waals surface area contributed by atoms with Crippen LogP contribution in [0.1, 0.15) is 59.3 Å². The van der Waals surface area contributed by atoms with E-state index in [0.717, 1.165) is 31.8 Å². The Balaban J connectivity index is 1.68. The topological polar surface area (TPSA) is 44.4 Å². The van der Waals surface area contributed by atoms with Crippen LogP contribution in [0.2, 0.25) is 0 Å². The Morgan fingerprint density at radius 2 is 1.76 bits per heavy atom. The summed E-state index contributed by atoms with van der Waals surface area (Å²) in [4.78, 5) is 14.6. The Bertz CT molecular complexity index is 318. The minimum atomic E-state index is 0.00924. The first kappa shape index (κ1) is 16.8. The number of piperidine rings is 1. The lowest BCUT2D eigenvalue weighted by Crippen LogP contribution is -2.52. The summed E-state index contributed by atoms with van der Waals surface area (Å²) >= 11 is 0. The average Bonchev–Trinajstić information content (AvgIpc) is 3.34. The van der Waals surface area contributed by atoms with Gasteiger partial charge in [-0.05, 0) is 57.9 Å². The molecule has 0 aromatic heterocycles. The van der Waals surface area contributed by atoms with Crippen molar-refractivity contribution in [1.82, 2.24) is 15.5 Å². The summed E-state index contributed by atoms with van der Waals surface area (Å²) in [5.41, 5.74) is 0. The van der Waals surface area contributed by atoms with Gasteiger partial charge in [-0.15, -0.1) is 0 Å². The molecule has 1 amide bonds. The zero-order valence-corrected chi connectivity index (χ0v) is 14.0. The van der Waals surface area contributed by atoms with Crippen LogP contribution < -0.4 is 10.6 Å². The van der Waals surface area contributed by atoms with Gasteiger partial charge in [-0.3, -0.25) is 9.69 Å². The van der Waals surface area contributed by atoms with Gasteiger partial charge in [-0.25, -0.2) is 0 Å². The lowest BCUT2D eigenvalue weighted by atomic mass is 10.0. The molecule has 21 heavy (non-hydrogen) atoms. The maximum absolute atomic E-state index is 12.3. The van der Waals surface area contributed by atoms with Crippen molar-refractivity contribution in [3.05, 3.63) is 0 Å². The molecule has 2 fully saturated rings. The monoisotopic (exact) mass is 295 g/mol.